The Kier molecular flexibility index (Phi) is 7.03. The highest BCUT2D eigenvalue weighted by Crippen LogP contribution is 2.24. The molecule has 0 spiro atoms. The Morgan fingerprint density at radius 3 is 2.73 bits per heavy atom. The quantitative estimate of drug-likeness (QED) is 0.660. The van der Waals surface area contributed by atoms with Crippen molar-refractivity contribution in [3.8, 4) is 0 Å². The first kappa shape index (κ1) is 13.0. The van der Waals surface area contributed by atoms with Gasteiger partial charge >= 0.3 is 0 Å². The van der Waals surface area contributed by atoms with Crippen LogP contribution in [-0.2, 0) is 4.74 Å². The first-order valence-electron chi connectivity index (χ1n) is 6.70. The van der Waals surface area contributed by atoms with Gasteiger partial charge in [-0.2, -0.15) is 0 Å². The molecule has 0 aromatic carbocycles. The summed E-state index contributed by atoms with van der Waals surface area (Å²) < 4.78 is 5.81. The van der Waals surface area contributed by atoms with Crippen molar-refractivity contribution < 1.29 is 4.74 Å². The molecule has 1 heterocycles. The summed E-state index contributed by atoms with van der Waals surface area (Å²) in [5.74, 6) is 0.630. The van der Waals surface area contributed by atoms with Crippen LogP contribution in [0.2, 0.25) is 0 Å². The lowest BCUT2D eigenvalue weighted by Crippen LogP contribution is -2.34. The van der Waals surface area contributed by atoms with Crippen molar-refractivity contribution in [3.63, 3.8) is 0 Å². The van der Waals surface area contributed by atoms with Crippen molar-refractivity contribution in [3.05, 3.63) is 0 Å². The topological polar surface area (TPSA) is 35.2 Å². The molecule has 2 atom stereocenters. The number of ether oxygens (including phenoxy) is 1. The molecule has 0 aromatic rings. The number of hydrogen-bond donors (Lipinski definition) is 1. The van der Waals surface area contributed by atoms with Crippen LogP contribution < -0.4 is 5.73 Å². The van der Waals surface area contributed by atoms with Crippen LogP contribution in [0.4, 0.5) is 0 Å². The third-order valence-electron chi connectivity index (χ3n) is 3.47. The fraction of sp³-hybridized carbons (Fsp3) is 1.00. The molecule has 2 N–H and O–H groups in total. The van der Waals surface area contributed by atoms with E-state index < -0.39 is 0 Å². The molecule has 0 amide bonds. The molecule has 1 saturated heterocycles. The third kappa shape index (κ3) is 4.98. The smallest absolute Gasteiger partial charge is 0.0615 e. The summed E-state index contributed by atoms with van der Waals surface area (Å²) >= 11 is 0. The highest BCUT2D eigenvalue weighted by Gasteiger charge is 2.23. The lowest BCUT2D eigenvalue weighted by molar-refractivity contribution is -0.0288. The van der Waals surface area contributed by atoms with Crippen LogP contribution in [0.15, 0.2) is 0 Å². The molecule has 0 aliphatic carbocycles. The molecule has 1 aliphatic rings. The highest BCUT2D eigenvalue weighted by molar-refractivity contribution is 4.75. The summed E-state index contributed by atoms with van der Waals surface area (Å²) in [6, 6.07) is 0. The van der Waals surface area contributed by atoms with E-state index in [-0.39, 0.29) is 0 Å². The number of hydrogen-bond acceptors (Lipinski definition) is 2. The van der Waals surface area contributed by atoms with Gasteiger partial charge in [-0.1, -0.05) is 39.0 Å². The fourth-order valence-corrected chi connectivity index (χ4v) is 2.44. The minimum atomic E-state index is 0.463. The highest BCUT2D eigenvalue weighted by atomic mass is 16.5. The van der Waals surface area contributed by atoms with E-state index in [4.69, 9.17) is 10.5 Å². The van der Waals surface area contributed by atoms with Crippen molar-refractivity contribution in [1.29, 1.82) is 0 Å². The summed E-state index contributed by atoms with van der Waals surface area (Å²) in [6.45, 7) is 4.02. The molecule has 15 heavy (non-hydrogen) atoms. The maximum absolute atomic E-state index is 5.81. The van der Waals surface area contributed by atoms with E-state index in [0.717, 1.165) is 13.2 Å². The summed E-state index contributed by atoms with van der Waals surface area (Å²) in [4.78, 5) is 0. The number of rotatable bonds is 7. The molecule has 1 fully saturated rings. The zero-order valence-corrected chi connectivity index (χ0v) is 10.2. The van der Waals surface area contributed by atoms with Gasteiger partial charge in [0.05, 0.1) is 6.10 Å². The molecule has 2 nitrogen and oxygen atoms in total. The second-order valence-corrected chi connectivity index (χ2v) is 4.75. The van der Waals surface area contributed by atoms with E-state index in [1.54, 1.807) is 0 Å². The molecule has 1 rings (SSSR count). The number of nitrogens with two attached hydrogens (primary N) is 1. The van der Waals surface area contributed by atoms with Gasteiger partial charge in [0, 0.05) is 6.61 Å². The van der Waals surface area contributed by atoms with Gasteiger partial charge in [0.2, 0.25) is 0 Å². The van der Waals surface area contributed by atoms with Gasteiger partial charge in [-0.15, -0.1) is 0 Å². The molecule has 0 bridgehead atoms. The van der Waals surface area contributed by atoms with Gasteiger partial charge < -0.3 is 10.5 Å². The van der Waals surface area contributed by atoms with Crippen LogP contribution in [0.5, 0.6) is 0 Å². The minimum Gasteiger partial charge on any atom is -0.378 e. The Bertz CT molecular complexity index is 149. The molecule has 0 radical (unpaired) electrons. The fourth-order valence-electron chi connectivity index (χ4n) is 2.44. The molecule has 90 valence electrons. The normalized spacial score (nSPS) is 26.8. The molecule has 2 unspecified atom stereocenters. The Labute approximate surface area is 94.6 Å². The van der Waals surface area contributed by atoms with E-state index in [1.807, 2.05) is 0 Å². The lowest BCUT2D eigenvalue weighted by atomic mass is 9.91. The van der Waals surface area contributed by atoms with Crippen molar-refractivity contribution >= 4 is 0 Å². The molecule has 0 aromatic heterocycles. The van der Waals surface area contributed by atoms with Crippen LogP contribution in [-0.4, -0.2) is 19.3 Å². The predicted molar refractivity (Wildman–Crippen MR) is 64.9 cm³/mol. The summed E-state index contributed by atoms with van der Waals surface area (Å²) in [7, 11) is 0. The molecular weight excluding hydrogens is 186 g/mol. The SMILES string of the molecule is CCCCCCCC1OCCCC1CN. The zero-order chi connectivity index (χ0) is 10.9. The molecule has 2 heteroatoms. The van der Waals surface area contributed by atoms with Crippen LogP contribution in [0.1, 0.15) is 58.3 Å². The Morgan fingerprint density at radius 2 is 2.00 bits per heavy atom. The van der Waals surface area contributed by atoms with E-state index in [2.05, 4.69) is 6.92 Å². The van der Waals surface area contributed by atoms with E-state index >= 15 is 0 Å². The van der Waals surface area contributed by atoms with Gasteiger partial charge in [0.15, 0.2) is 0 Å². The zero-order valence-electron chi connectivity index (χ0n) is 10.2. The monoisotopic (exact) mass is 213 g/mol. The second kappa shape index (κ2) is 8.12. The van der Waals surface area contributed by atoms with Crippen molar-refractivity contribution in [2.75, 3.05) is 13.2 Å². The summed E-state index contributed by atoms with van der Waals surface area (Å²) in [6.07, 6.45) is 10.9. The van der Waals surface area contributed by atoms with Gasteiger partial charge in [0.1, 0.15) is 0 Å². The maximum Gasteiger partial charge on any atom is 0.0615 e. The second-order valence-electron chi connectivity index (χ2n) is 4.75. The maximum atomic E-state index is 5.81. The average Bonchev–Trinajstić information content (AvgIpc) is 2.29. The van der Waals surface area contributed by atoms with Gasteiger partial charge in [0.25, 0.3) is 0 Å². The molecule has 1 aliphatic heterocycles. The van der Waals surface area contributed by atoms with Crippen molar-refractivity contribution in [2.24, 2.45) is 11.7 Å². The average molecular weight is 213 g/mol. The van der Waals surface area contributed by atoms with Crippen LogP contribution in [0.3, 0.4) is 0 Å². The largest absolute Gasteiger partial charge is 0.378 e. The Morgan fingerprint density at radius 1 is 1.20 bits per heavy atom. The van der Waals surface area contributed by atoms with Gasteiger partial charge in [-0.25, -0.2) is 0 Å². The summed E-state index contributed by atoms with van der Waals surface area (Å²) in [5.41, 5.74) is 5.77. The molecular formula is C13H27NO. The van der Waals surface area contributed by atoms with Crippen molar-refractivity contribution in [1.82, 2.24) is 0 Å². The predicted octanol–water partition coefficient (Wildman–Crippen LogP) is 3.10. The standard InChI is InChI=1S/C13H27NO/c1-2-3-4-5-6-9-13-12(11-14)8-7-10-15-13/h12-13H,2-11,14H2,1H3. The van der Waals surface area contributed by atoms with E-state index in [0.29, 0.717) is 12.0 Å². The lowest BCUT2D eigenvalue weighted by Gasteiger charge is -2.30. The van der Waals surface area contributed by atoms with Gasteiger partial charge in [-0.05, 0) is 31.7 Å². The van der Waals surface area contributed by atoms with E-state index in [1.165, 1.54) is 51.4 Å². The first-order chi connectivity index (χ1) is 7.38. The third-order valence-corrected chi connectivity index (χ3v) is 3.47. The minimum absolute atomic E-state index is 0.463. The van der Waals surface area contributed by atoms with Crippen LogP contribution >= 0.6 is 0 Å². The van der Waals surface area contributed by atoms with E-state index in [9.17, 15) is 0 Å². The van der Waals surface area contributed by atoms with Crippen LogP contribution in [0, 0.1) is 5.92 Å². The Hall–Kier alpha value is -0.0800. The van der Waals surface area contributed by atoms with Crippen LogP contribution in [0.25, 0.3) is 0 Å². The summed E-state index contributed by atoms with van der Waals surface area (Å²) in [5, 5.41) is 0. The number of unbranched alkanes of at least 4 members (excludes halogenated alkanes) is 4. The van der Waals surface area contributed by atoms with Crippen molar-refractivity contribution in [2.45, 2.75) is 64.4 Å². The Balaban J connectivity index is 2.07. The first-order valence-corrected chi connectivity index (χ1v) is 6.70. The molecule has 0 saturated carbocycles. The van der Waals surface area contributed by atoms with Gasteiger partial charge in [-0.3, -0.25) is 0 Å².